The third kappa shape index (κ3) is 3.57. The second-order valence-corrected chi connectivity index (χ2v) is 6.63. The number of aryl methyl sites for hydroxylation is 1. The van der Waals surface area contributed by atoms with E-state index in [0.717, 1.165) is 48.3 Å². The van der Waals surface area contributed by atoms with Gasteiger partial charge in [-0.1, -0.05) is 0 Å². The summed E-state index contributed by atoms with van der Waals surface area (Å²) in [7, 11) is 0. The normalized spacial score (nSPS) is 15.7. The molecule has 0 saturated carbocycles. The molecule has 9 heteroatoms. The maximum atomic E-state index is 12.6. The van der Waals surface area contributed by atoms with E-state index in [2.05, 4.69) is 25.7 Å². The van der Waals surface area contributed by atoms with Gasteiger partial charge in [0, 0.05) is 31.1 Å². The Balaban J connectivity index is 1.67. The van der Waals surface area contributed by atoms with Gasteiger partial charge in [0.25, 0.3) is 5.91 Å². The molecule has 0 unspecified atom stereocenters. The lowest BCUT2D eigenvalue weighted by Gasteiger charge is -2.26. The van der Waals surface area contributed by atoms with Crippen molar-refractivity contribution in [3.05, 3.63) is 22.3 Å². The van der Waals surface area contributed by atoms with Crippen LogP contribution < -0.4 is 5.32 Å². The summed E-state index contributed by atoms with van der Waals surface area (Å²) in [6, 6.07) is 0. The average Bonchev–Trinajstić information content (AvgIpc) is 3.17. The van der Waals surface area contributed by atoms with Crippen LogP contribution in [0.5, 0.6) is 0 Å². The van der Waals surface area contributed by atoms with Gasteiger partial charge in [-0.05, 0) is 29.8 Å². The fourth-order valence-electron chi connectivity index (χ4n) is 2.53. The Kier molecular flexibility index (Phi) is 4.99. The van der Waals surface area contributed by atoms with Gasteiger partial charge in [0.1, 0.15) is 11.3 Å². The number of carbonyl (C=O) groups is 1. The van der Waals surface area contributed by atoms with Crippen molar-refractivity contribution in [2.24, 2.45) is 0 Å². The van der Waals surface area contributed by atoms with Crippen LogP contribution >= 0.6 is 11.3 Å². The summed E-state index contributed by atoms with van der Waals surface area (Å²) in [6.07, 6.45) is 1.51. The fraction of sp³-hybridized carbons (Fsp3) is 0.571. The summed E-state index contributed by atoms with van der Waals surface area (Å²) in [5.41, 5.74) is 1.63. The van der Waals surface area contributed by atoms with E-state index >= 15 is 0 Å². The Hall–Kier alpha value is -1.84. The molecule has 0 bridgehead atoms. The van der Waals surface area contributed by atoms with Gasteiger partial charge < -0.3 is 10.1 Å². The van der Waals surface area contributed by atoms with Gasteiger partial charge >= 0.3 is 0 Å². The van der Waals surface area contributed by atoms with Gasteiger partial charge in [-0.15, -0.1) is 16.4 Å². The maximum absolute atomic E-state index is 12.6. The highest BCUT2D eigenvalue weighted by molar-refractivity contribution is 7.15. The summed E-state index contributed by atoms with van der Waals surface area (Å²) in [6.45, 7) is 8.76. The number of hydrogen-bond acceptors (Lipinski definition) is 7. The third-order valence-electron chi connectivity index (χ3n) is 3.97. The molecule has 2 aromatic heterocycles. The number of thiophene rings is 1. The summed E-state index contributed by atoms with van der Waals surface area (Å²) in [4.78, 5) is 16.0. The molecule has 1 saturated heterocycles. The monoisotopic (exact) mass is 336 g/mol. The topological polar surface area (TPSA) is 85.2 Å². The van der Waals surface area contributed by atoms with Gasteiger partial charge in [0.2, 0.25) is 0 Å². The predicted molar refractivity (Wildman–Crippen MR) is 86.1 cm³/mol. The Morgan fingerprint density at radius 3 is 2.87 bits per heavy atom. The lowest BCUT2D eigenvalue weighted by molar-refractivity contribution is 0.0383. The third-order valence-corrected chi connectivity index (χ3v) is 5.17. The molecule has 1 aliphatic rings. The highest BCUT2D eigenvalue weighted by Crippen LogP contribution is 2.29. The first-order chi connectivity index (χ1) is 11.2. The Bertz CT molecular complexity index is 663. The lowest BCUT2D eigenvalue weighted by Crippen LogP contribution is -2.41. The zero-order valence-corrected chi connectivity index (χ0v) is 14.1. The first kappa shape index (κ1) is 16.0. The van der Waals surface area contributed by atoms with Crippen LogP contribution in [0.2, 0.25) is 0 Å². The largest absolute Gasteiger partial charge is 0.379 e. The quantitative estimate of drug-likeness (QED) is 0.851. The molecule has 1 fully saturated rings. The van der Waals surface area contributed by atoms with Crippen LogP contribution in [0.4, 0.5) is 0 Å². The number of rotatable bonds is 5. The van der Waals surface area contributed by atoms with E-state index < -0.39 is 0 Å². The van der Waals surface area contributed by atoms with Gasteiger partial charge in [0.05, 0.1) is 18.8 Å². The van der Waals surface area contributed by atoms with Crippen molar-refractivity contribution in [3.63, 3.8) is 0 Å². The molecule has 1 amide bonds. The van der Waals surface area contributed by atoms with Crippen molar-refractivity contribution in [1.29, 1.82) is 0 Å². The van der Waals surface area contributed by atoms with Gasteiger partial charge in [-0.2, -0.15) is 4.68 Å². The second-order valence-electron chi connectivity index (χ2n) is 5.43. The molecule has 0 aliphatic carbocycles. The van der Waals surface area contributed by atoms with E-state index in [1.165, 1.54) is 17.7 Å². The van der Waals surface area contributed by atoms with Crippen LogP contribution in [0.25, 0.3) is 5.00 Å². The minimum atomic E-state index is -0.0781. The SMILES string of the molecule is Cc1sc(-n2cnnn2)c(C(=O)NCCN2CCOCC2)c1C. The van der Waals surface area contributed by atoms with E-state index in [0.29, 0.717) is 12.1 Å². The summed E-state index contributed by atoms with van der Waals surface area (Å²) >= 11 is 1.52. The van der Waals surface area contributed by atoms with Crippen LogP contribution in [-0.4, -0.2) is 70.4 Å². The molecule has 3 heterocycles. The minimum Gasteiger partial charge on any atom is -0.379 e. The predicted octanol–water partition coefficient (Wildman–Crippen LogP) is 0.403. The summed E-state index contributed by atoms with van der Waals surface area (Å²) in [5, 5.41) is 15.0. The Morgan fingerprint density at radius 1 is 1.39 bits per heavy atom. The molecule has 2 aromatic rings. The molecule has 23 heavy (non-hydrogen) atoms. The van der Waals surface area contributed by atoms with E-state index in [4.69, 9.17) is 4.74 Å². The second kappa shape index (κ2) is 7.16. The molecule has 0 spiro atoms. The number of morpholine rings is 1. The number of tetrazole rings is 1. The van der Waals surface area contributed by atoms with Crippen molar-refractivity contribution < 1.29 is 9.53 Å². The average molecular weight is 336 g/mol. The van der Waals surface area contributed by atoms with Crippen LogP contribution in [0.15, 0.2) is 6.33 Å². The zero-order valence-electron chi connectivity index (χ0n) is 13.3. The molecule has 8 nitrogen and oxygen atoms in total. The lowest BCUT2D eigenvalue weighted by atomic mass is 10.1. The number of carbonyl (C=O) groups excluding carboxylic acids is 1. The molecule has 0 radical (unpaired) electrons. The number of nitrogens with one attached hydrogen (secondary N) is 1. The number of nitrogens with zero attached hydrogens (tertiary/aromatic N) is 5. The molecule has 3 rings (SSSR count). The van der Waals surface area contributed by atoms with Gasteiger partial charge in [-0.3, -0.25) is 9.69 Å². The number of hydrogen-bond donors (Lipinski definition) is 1. The summed E-state index contributed by atoms with van der Waals surface area (Å²) < 4.78 is 6.87. The van der Waals surface area contributed by atoms with Crippen LogP contribution in [0, 0.1) is 13.8 Å². The van der Waals surface area contributed by atoms with Gasteiger partial charge in [0.15, 0.2) is 0 Å². The fourth-order valence-corrected chi connectivity index (χ4v) is 3.60. The molecule has 1 N–H and O–H groups in total. The minimum absolute atomic E-state index is 0.0781. The van der Waals surface area contributed by atoms with E-state index in [-0.39, 0.29) is 5.91 Å². The zero-order chi connectivity index (χ0) is 16.2. The van der Waals surface area contributed by atoms with Crippen molar-refractivity contribution in [2.75, 3.05) is 39.4 Å². The Morgan fingerprint density at radius 2 is 2.17 bits per heavy atom. The molecular formula is C14H20N6O2S. The van der Waals surface area contributed by atoms with Gasteiger partial charge in [-0.25, -0.2) is 0 Å². The molecular weight excluding hydrogens is 316 g/mol. The molecule has 0 atom stereocenters. The van der Waals surface area contributed by atoms with E-state index in [1.54, 1.807) is 4.68 Å². The molecule has 1 aliphatic heterocycles. The van der Waals surface area contributed by atoms with E-state index in [1.807, 2.05) is 13.8 Å². The first-order valence-corrected chi connectivity index (χ1v) is 8.40. The van der Waals surface area contributed by atoms with Crippen molar-refractivity contribution in [2.45, 2.75) is 13.8 Å². The highest BCUT2D eigenvalue weighted by Gasteiger charge is 2.21. The van der Waals surface area contributed by atoms with Crippen molar-refractivity contribution >= 4 is 17.2 Å². The smallest absolute Gasteiger partial charge is 0.254 e. The number of amides is 1. The summed E-state index contributed by atoms with van der Waals surface area (Å²) in [5.74, 6) is -0.0781. The highest BCUT2D eigenvalue weighted by atomic mass is 32.1. The number of ether oxygens (including phenoxy) is 1. The first-order valence-electron chi connectivity index (χ1n) is 7.58. The number of aromatic nitrogens is 4. The molecule has 124 valence electrons. The Labute approximate surface area is 138 Å². The van der Waals surface area contributed by atoms with Crippen molar-refractivity contribution in [1.82, 2.24) is 30.4 Å². The standard InChI is InChI=1S/C14H20N6O2S/c1-10-11(2)23-14(20-9-16-17-18-20)12(10)13(21)15-3-4-19-5-7-22-8-6-19/h9H,3-8H2,1-2H3,(H,15,21). The maximum Gasteiger partial charge on any atom is 0.254 e. The molecule has 0 aromatic carbocycles. The van der Waals surface area contributed by atoms with Crippen LogP contribution in [0.1, 0.15) is 20.8 Å². The van der Waals surface area contributed by atoms with Crippen LogP contribution in [-0.2, 0) is 4.74 Å². The van der Waals surface area contributed by atoms with E-state index in [9.17, 15) is 4.79 Å². The van der Waals surface area contributed by atoms with Crippen LogP contribution in [0.3, 0.4) is 0 Å². The van der Waals surface area contributed by atoms with Crippen molar-refractivity contribution in [3.8, 4) is 5.00 Å².